The van der Waals surface area contributed by atoms with Crippen molar-refractivity contribution in [3.63, 3.8) is 0 Å². The van der Waals surface area contributed by atoms with Crippen LogP contribution in [0.15, 0.2) is 23.8 Å². The summed E-state index contributed by atoms with van der Waals surface area (Å²) in [4.78, 5) is 25.5. The molecule has 36 heavy (non-hydrogen) atoms. The van der Waals surface area contributed by atoms with E-state index in [1.165, 1.54) is 12.2 Å². The van der Waals surface area contributed by atoms with Gasteiger partial charge in [-0.2, -0.15) is 11.8 Å². The highest BCUT2D eigenvalue weighted by molar-refractivity contribution is 7.99. The molecule has 198 valence electrons. The Balaban J connectivity index is 1.36. The highest BCUT2D eigenvalue weighted by Crippen LogP contribution is 2.71. The summed E-state index contributed by atoms with van der Waals surface area (Å²) in [5, 5.41) is 21.6. The Morgan fingerprint density at radius 2 is 1.97 bits per heavy atom. The van der Waals surface area contributed by atoms with Crippen LogP contribution in [0.4, 0.5) is 4.39 Å². The van der Waals surface area contributed by atoms with Crippen LogP contribution < -0.4 is 0 Å². The van der Waals surface area contributed by atoms with Crippen molar-refractivity contribution >= 4 is 23.3 Å². The first-order valence-electron chi connectivity index (χ1n) is 13.5. The fraction of sp³-hybridized carbons (Fsp3) is 0.786. The van der Waals surface area contributed by atoms with Crippen LogP contribution in [0.1, 0.15) is 58.8 Å². The Bertz CT molecular complexity index is 1020. The van der Waals surface area contributed by atoms with Crippen LogP contribution in [0.5, 0.6) is 0 Å². The minimum absolute atomic E-state index is 0.0354. The van der Waals surface area contributed by atoms with E-state index in [-0.39, 0.29) is 18.1 Å². The summed E-state index contributed by atoms with van der Waals surface area (Å²) in [6.45, 7) is 3.05. The number of rotatable bonds is 4. The molecule has 3 saturated carbocycles. The van der Waals surface area contributed by atoms with E-state index in [0.717, 1.165) is 29.9 Å². The Kier molecular flexibility index (Phi) is 5.94. The van der Waals surface area contributed by atoms with Crippen molar-refractivity contribution in [2.45, 2.75) is 88.6 Å². The number of thioether (sulfide) groups is 1. The van der Waals surface area contributed by atoms with Crippen molar-refractivity contribution < 1.29 is 33.7 Å². The zero-order valence-electron chi connectivity index (χ0n) is 21.1. The average molecular weight is 521 g/mol. The van der Waals surface area contributed by atoms with E-state index in [4.69, 9.17) is 9.47 Å². The van der Waals surface area contributed by atoms with E-state index in [1.807, 2.05) is 18.7 Å². The topological polar surface area (TPSA) is 93.1 Å². The Labute approximate surface area is 216 Å². The summed E-state index contributed by atoms with van der Waals surface area (Å²) in [7, 11) is 0. The Morgan fingerprint density at radius 3 is 2.69 bits per heavy atom. The molecule has 6 nitrogen and oxygen atoms in total. The lowest BCUT2D eigenvalue weighted by Gasteiger charge is -2.62. The van der Waals surface area contributed by atoms with Gasteiger partial charge < -0.3 is 19.7 Å². The third-order valence-electron chi connectivity index (χ3n) is 10.9. The first-order valence-corrected chi connectivity index (χ1v) is 14.6. The summed E-state index contributed by atoms with van der Waals surface area (Å²) in [6.07, 6.45) is 6.56. The molecule has 2 aliphatic heterocycles. The van der Waals surface area contributed by atoms with Gasteiger partial charge in [0.15, 0.2) is 29.1 Å². The van der Waals surface area contributed by atoms with Crippen LogP contribution in [0.25, 0.3) is 0 Å². The van der Waals surface area contributed by atoms with Crippen molar-refractivity contribution in [1.29, 1.82) is 0 Å². The highest BCUT2D eigenvalue weighted by Gasteiger charge is 2.79. The van der Waals surface area contributed by atoms with Gasteiger partial charge in [0.2, 0.25) is 0 Å². The molecule has 5 fully saturated rings. The van der Waals surface area contributed by atoms with Gasteiger partial charge in [-0.25, -0.2) is 4.39 Å². The number of halogens is 1. The van der Waals surface area contributed by atoms with E-state index in [9.17, 15) is 19.8 Å². The van der Waals surface area contributed by atoms with E-state index in [2.05, 4.69) is 0 Å². The maximum absolute atomic E-state index is 17.4. The molecule has 0 aromatic rings. The number of aliphatic hydroxyl groups is 2. The fourth-order valence-electron chi connectivity index (χ4n) is 9.01. The van der Waals surface area contributed by atoms with Gasteiger partial charge in [-0.05, 0) is 80.9 Å². The monoisotopic (exact) mass is 520 g/mol. The minimum Gasteiger partial charge on any atom is -0.390 e. The van der Waals surface area contributed by atoms with E-state index in [0.29, 0.717) is 31.6 Å². The van der Waals surface area contributed by atoms with Gasteiger partial charge in [-0.15, -0.1) is 0 Å². The van der Waals surface area contributed by atoms with Gasteiger partial charge in [0, 0.05) is 23.2 Å². The summed E-state index contributed by atoms with van der Waals surface area (Å²) in [5.74, 6) is 1.34. The number of ether oxygens (including phenoxy) is 2. The molecular weight excluding hydrogens is 483 g/mol. The molecule has 6 rings (SSSR count). The molecule has 0 aromatic heterocycles. The minimum atomic E-state index is -1.97. The lowest BCUT2D eigenvalue weighted by atomic mass is 9.44. The number of alkyl halides is 1. The summed E-state index contributed by atoms with van der Waals surface area (Å²) in [5.41, 5.74) is -4.59. The van der Waals surface area contributed by atoms with Gasteiger partial charge in [-0.1, -0.05) is 18.6 Å². The molecule has 6 aliphatic rings. The molecule has 0 spiro atoms. The van der Waals surface area contributed by atoms with E-state index >= 15 is 4.39 Å². The van der Waals surface area contributed by atoms with E-state index < -0.39 is 58.9 Å². The second-order valence-electron chi connectivity index (χ2n) is 12.3. The molecule has 0 bridgehead atoms. The predicted octanol–water partition coefficient (Wildman–Crippen LogP) is 3.54. The zero-order chi connectivity index (χ0) is 25.5. The lowest BCUT2D eigenvalue weighted by molar-refractivity contribution is -0.231. The molecule has 1 unspecified atom stereocenters. The molecule has 0 aromatic carbocycles. The van der Waals surface area contributed by atoms with Crippen molar-refractivity contribution in [2.24, 2.45) is 28.6 Å². The number of Topliss-reactive ketones (excluding diaryl/α,β-unsaturated/α-hetero) is 1. The summed E-state index contributed by atoms with van der Waals surface area (Å²) >= 11 is 1.95. The summed E-state index contributed by atoms with van der Waals surface area (Å²) < 4.78 is 30.4. The predicted molar refractivity (Wildman–Crippen MR) is 133 cm³/mol. The normalized spacial score (nSPS) is 50.2. The molecule has 8 heteroatoms. The number of hydrogen-bond donors (Lipinski definition) is 2. The Morgan fingerprint density at radius 1 is 1.22 bits per heavy atom. The third-order valence-corrected chi connectivity index (χ3v) is 11.9. The van der Waals surface area contributed by atoms with Gasteiger partial charge in [0.05, 0.1) is 12.2 Å². The second-order valence-corrected chi connectivity index (χ2v) is 13.5. The number of allylic oxidation sites excluding steroid dienone is 4. The molecule has 2 N–H and O–H groups in total. The number of carbonyl (C=O) groups excluding carboxylic acids is 2. The molecule has 2 saturated heterocycles. The van der Waals surface area contributed by atoms with Gasteiger partial charge >= 0.3 is 0 Å². The van der Waals surface area contributed by atoms with Gasteiger partial charge in [0.25, 0.3) is 0 Å². The average Bonchev–Trinajstić information content (AvgIpc) is 3.33. The molecule has 9 atom stereocenters. The molecule has 0 radical (unpaired) electrons. The van der Waals surface area contributed by atoms with Crippen LogP contribution in [0, 0.1) is 28.6 Å². The number of fused-ring (bicyclic) bond motifs is 7. The van der Waals surface area contributed by atoms with Gasteiger partial charge in [0.1, 0.15) is 6.61 Å². The third kappa shape index (κ3) is 3.11. The smallest absolute Gasteiger partial charge is 0.193 e. The quantitative estimate of drug-likeness (QED) is 0.586. The van der Waals surface area contributed by atoms with Crippen molar-refractivity contribution in [3.05, 3.63) is 23.8 Å². The number of aliphatic hydroxyl groups excluding tert-OH is 2. The number of carbonyl (C=O) groups is 2. The summed E-state index contributed by atoms with van der Waals surface area (Å²) in [6, 6.07) is 0. The van der Waals surface area contributed by atoms with E-state index in [1.54, 1.807) is 13.0 Å². The zero-order valence-corrected chi connectivity index (χ0v) is 21.9. The SMILES string of the molecule is C[C@]12C=CC(=O)C=C1CC[C@H]1[C@@H]3C[C@H]4OC(CC5CCSCC5)O[C@@]4(C(=O)CO)[C@@]3(C)C[C@H](O)[C@@]12F. The standard InChI is InChI=1S/C28H37FO6S/c1-25-8-5-18(31)12-17(25)3-4-19-20-13-23-28(22(33)15-30,26(20,2)14-21(32)27(19,25)29)35-24(34-23)11-16-6-9-36-10-7-16/h5,8,12,16,19-21,23-24,30,32H,3-4,6-7,9-11,13-15H2,1-2H3/t19-,20-,21-,23+,24?,25-,26-,27-,28+/m0/s1. The molecule has 4 aliphatic carbocycles. The van der Waals surface area contributed by atoms with Crippen LogP contribution in [-0.2, 0) is 19.1 Å². The van der Waals surface area contributed by atoms with Crippen molar-refractivity contribution in [3.8, 4) is 0 Å². The molecule has 2 heterocycles. The van der Waals surface area contributed by atoms with Crippen LogP contribution in [0.2, 0.25) is 0 Å². The van der Waals surface area contributed by atoms with Gasteiger partial charge in [-0.3, -0.25) is 9.59 Å². The number of hydrogen-bond acceptors (Lipinski definition) is 7. The van der Waals surface area contributed by atoms with Crippen LogP contribution >= 0.6 is 11.8 Å². The molecule has 0 amide bonds. The Hall–Kier alpha value is -1.06. The van der Waals surface area contributed by atoms with Crippen LogP contribution in [0.3, 0.4) is 0 Å². The molecular formula is C28H37FO6S. The maximum atomic E-state index is 17.4. The maximum Gasteiger partial charge on any atom is 0.193 e. The lowest BCUT2D eigenvalue weighted by Crippen LogP contribution is -2.69. The fourth-order valence-corrected chi connectivity index (χ4v) is 10.2. The van der Waals surface area contributed by atoms with Crippen LogP contribution in [-0.4, -0.2) is 69.7 Å². The van der Waals surface area contributed by atoms with Crippen molar-refractivity contribution in [1.82, 2.24) is 0 Å². The number of ketones is 2. The second kappa shape index (κ2) is 8.47. The highest BCUT2D eigenvalue weighted by atomic mass is 32.2. The van der Waals surface area contributed by atoms with Crippen molar-refractivity contribution in [2.75, 3.05) is 18.1 Å². The first-order chi connectivity index (χ1) is 17.1. The largest absolute Gasteiger partial charge is 0.390 e. The first kappa shape index (κ1) is 25.2.